The Balaban J connectivity index is 2.31. The van der Waals surface area contributed by atoms with E-state index in [2.05, 4.69) is 0 Å². The minimum absolute atomic E-state index is 0.00438. The van der Waals surface area contributed by atoms with E-state index in [1.54, 1.807) is 42.5 Å². The lowest BCUT2D eigenvalue weighted by Gasteiger charge is -2.11. The molecule has 0 unspecified atom stereocenters. The highest BCUT2D eigenvalue weighted by Crippen LogP contribution is 2.28. The van der Waals surface area contributed by atoms with E-state index in [4.69, 9.17) is 39.4 Å². The minimum Gasteiger partial charge on any atom is -0.457 e. The van der Waals surface area contributed by atoms with Gasteiger partial charge in [0, 0.05) is 11.1 Å². The van der Waals surface area contributed by atoms with E-state index in [-0.39, 0.29) is 11.6 Å². The van der Waals surface area contributed by atoms with Crippen LogP contribution in [0.3, 0.4) is 0 Å². The Morgan fingerprint density at radius 3 is 2.47 bits per heavy atom. The number of hydrogen-bond acceptors (Lipinski definition) is 3. The fourth-order valence-corrected chi connectivity index (χ4v) is 1.90. The first-order chi connectivity index (χ1) is 9.10. The normalized spacial score (nSPS) is 10.2. The molecule has 5 heteroatoms. The SMILES string of the molecule is NC(=S)c1ccc(Cl)cc1Oc1ccc(CO)cc1. The molecule has 3 N–H and O–H groups in total. The quantitative estimate of drug-likeness (QED) is 0.850. The maximum atomic E-state index is 8.98. The maximum absolute atomic E-state index is 8.98. The van der Waals surface area contributed by atoms with Gasteiger partial charge in [-0.1, -0.05) is 36.0 Å². The Hall–Kier alpha value is -1.62. The highest BCUT2D eigenvalue weighted by Gasteiger charge is 2.08. The van der Waals surface area contributed by atoms with Crippen molar-refractivity contribution in [3.05, 3.63) is 58.6 Å². The molecule has 2 aromatic rings. The van der Waals surface area contributed by atoms with Crippen LogP contribution in [0.25, 0.3) is 0 Å². The Bertz CT molecular complexity index is 599. The molecule has 0 aliphatic rings. The summed E-state index contributed by atoms with van der Waals surface area (Å²) in [7, 11) is 0. The number of halogens is 1. The van der Waals surface area contributed by atoms with Crippen molar-refractivity contribution in [1.29, 1.82) is 0 Å². The van der Waals surface area contributed by atoms with E-state index in [1.807, 2.05) is 0 Å². The van der Waals surface area contributed by atoms with Gasteiger partial charge in [-0.05, 0) is 29.8 Å². The topological polar surface area (TPSA) is 55.5 Å². The summed E-state index contributed by atoms with van der Waals surface area (Å²) in [6.45, 7) is -0.00438. The molecule has 0 spiro atoms. The molecule has 2 rings (SSSR count). The molecule has 3 nitrogen and oxygen atoms in total. The van der Waals surface area contributed by atoms with Crippen molar-refractivity contribution >= 4 is 28.8 Å². The molecule has 2 aromatic carbocycles. The van der Waals surface area contributed by atoms with Crippen LogP contribution in [0, 0.1) is 0 Å². The molecule has 0 amide bonds. The number of aliphatic hydroxyl groups is 1. The van der Waals surface area contributed by atoms with Crippen LogP contribution in [-0.4, -0.2) is 10.1 Å². The first kappa shape index (κ1) is 13.8. The second-order valence-corrected chi connectivity index (χ2v) is 4.79. The van der Waals surface area contributed by atoms with Gasteiger partial charge in [0.15, 0.2) is 0 Å². The average molecular weight is 294 g/mol. The zero-order valence-corrected chi connectivity index (χ0v) is 11.5. The third kappa shape index (κ3) is 3.44. The summed E-state index contributed by atoms with van der Waals surface area (Å²) in [5.41, 5.74) is 7.08. The van der Waals surface area contributed by atoms with E-state index >= 15 is 0 Å². The zero-order chi connectivity index (χ0) is 13.8. The molecular formula is C14H12ClNO2S. The van der Waals surface area contributed by atoms with E-state index in [0.717, 1.165) is 5.56 Å². The second kappa shape index (κ2) is 6.02. The van der Waals surface area contributed by atoms with Crippen molar-refractivity contribution in [1.82, 2.24) is 0 Å². The highest BCUT2D eigenvalue weighted by atomic mass is 35.5. The lowest BCUT2D eigenvalue weighted by Crippen LogP contribution is -2.10. The van der Waals surface area contributed by atoms with Gasteiger partial charge >= 0.3 is 0 Å². The van der Waals surface area contributed by atoms with Crippen LogP contribution >= 0.6 is 23.8 Å². The fraction of sp³-hybridized carbons (Fsp3) is 0.0714. The number of ether oxygens (including phenoxy) is 1. The van der Waals surface area contributed by atoms with Crippen molar-refractivity contribution in [2.75, 3.05) is 0 Å². The van der Waals surface area contributed by atoms with Crippen LogP contribution in [0.5, 0.6) is 11.5 Å². The molecule has 0 radical (unpaired) electrons. The number of hydrogen-bond donors (Lipinski definition) is 2. The molecule has 0 aliphatic heterocycles. The van der Waals surface area contributed by atoms with Gasteiger partial charge in [0.05, 0.1) is 12.2 Å². The molecule has 0 aliphatic carbocycles. The summed E-state index contributed by atoms with van der Waals surface area (Å²) in [6, 6.07) is 12.2. The average Bonchev–Trinajstić information content (AvgIpc) is 2.39. The molecular weight excluding hydrogens is 282 g/mol. The minimum atomic E-state index is -0.00438. The van der Waals surface area contributed by atoms with Gasteiger partial charge in [-0.15, -0.1) is 0 Å². The Kier molecular flexibility index (Phi) is 4.37. The van der Waals surface area contributed by atoms with Crippen LogP contribution in [0.15, 0.2) is 42.5 Å². The summed E-state index contributed by atoms with van der Waals surface area (Å²) < 4.78 is 5.72. The number of thiocarbonyl (C=S) groups is 1. The number of rotatable bonds is 4. The predicted octanol–water partition coefficient (Wildman–Crippen LogP) is 3.26. The largest absolute Gasteiger partial charge is 0.457 e. The molecule has 0 atom stereocenters. The van der Waals surface area contributed by atoms with Crippen LogP contribution in [0.4, 0.5) is 0 Å². The molecule has 0 saturated carbocycles. The number of benzene rings is 2. The van der Waals surface area contributed by atoms with Gasteiger partial charge in [-0.25, -0.2) is 0 Å². The van der Waals surface area contributed by atoms with Crippen molar-refractivity contribution in [2.45, 2.75) is 6.61 Å². The van der Waals surface area contributed by atoms with Crippen LogP contribution in [0.2, 0.25) is 5.02 Å². The lowest BCUT2D eigenvalue weighted by atomic mass is 10.2. The monoisotopic (exact) mass is 293 g/mol. The molecule has 98 valence electrons. The van der Waals surface area contributed by atoms with Crippen molar-refractivity contribution in [3.8, 4) is 11.5 Å². The molecule has 0 fully saturated rings. The van der Waals surface area contributed by atoms with E-state index < -0.39 is 0 Å². The van der Waals surface area contributed by atoms with E-state index in [1.165, 1.54) is 0 Å². The molecule has 0 bridgehead atoms. The summed E-state index contributed by atoms with van der Waals surface area (Å²) >= 11 is 10.9. The Morgan fingerprint density at radius 2 is 1.89 bits per heavy atom. The van der Waals surface area contributed by atoms with Crippen LogP contribution in [-0.2, 0) is 6.61 Å². The summed E-state index contributed by atoms with van der Waals surface area (Å²) in [4.78, 5) is 0.249. The molecule has 0 aromatic heterocycles. The second-order valence-electron chi connectivity index (χ2n) is 3.91. The highest BCUT2D eigenvalue weighted by molar-refractivity contribution is 7.80. The first-order valence-electron chi connectivity index (χ1n) is 5.57. The van der Waals surface area contributed by atoms with Crippen LogP contribution < -0.4 is 10.5 Å². The van der Waals surface area contributed by atoms with Gasteiger partial charge < -0.3 is 15.6 Å². The summed E-state index contributed by atoms with van der Waals surface area (Å²) in [5.74, 6) is 1.13. The number of nitrogens with two attached hydrogens (primary N) is 1. The third-order valence-electron chi connectivity index (χ3n) is 2.54. The first-order valence-corrected chi connectivity index (χ1v) is 6.36. The molecule has 19 heavy (non-hydrogen) atoms. The molecule has 0 saturated heterocycles. The van der Waals surface area contributed by atoms with Gasteiger partial charge in [-0.3, -0.25) is 0 Å². The van der Waals surface area contributed by atoms with Gasteiger partial charge in [0.25, 0.3) is 0 Å². The smallest absolute Gasteiger partial charge is 0.139 e. The Morgan fingerprint density at radius 1 is 1.21 bits per heavy atom. The van der Waals surface area contributed by atoms with Gasteiger partial charge in [0.2, 0.25) is 0 Å². The van der Waals surface area contributed by atoms with E-state index in [9.17, 15) is 0 Å². The van der Waals surface area contributed by atoms with Crippen LogP contribution in [0.1, 0.15) is 11.1 Å². The predicted molar refractivity (Wildman–Crippen MR) is 79.8 cm³/mol. The maximum Gasteiger partial charge on any atom is 0.139 e. The lowest BCUT2D eigenvalue weighted by molar-refractivity contribution is 0.281. The zero-order valence-electron chi connectivity index (χ0n) is 9.97. The standard InChI is InChI=1S/C14H12ClNO2S/c15-10-3-6-12(14(16)19)13(7-10)18-11-4-1-9(8-17)2-5-11/h1-7,17H,8H2,(H2,16,19). The van der Waals surface area contributed by atoms with Gasteiger partial charge in [0.1, 0.15) is 16.5 Å². The fourth-order valence-electron chi connectivity index (χ4n) is 1.57. The summed E-state index contributed by atoms with van der Waals surface area (Å²) in [5, 5.41) is 9.52. The van der Waals surface area contributed by atoms with Crippen molar-refractivity contribution < 1.29 is 9.84 Å². The van der Waals surface area contributed by atoms with Crippen molar-refractivity contribution in [3.63, 3.8) is 0 Å². The third-order valence-corrected chi connectivity index (χ3v) is 3.00. The van der Waals surface area contributed by atoms with Crippen molar-refractivity contribution in [2.24, 2.45) is 5.73 Å². The summed E-state index contributed by atoms with van der Waals surface area (Å²) in [6.07, 6.45) is 0. The number of aliphatic hydroxyl groups excluding tert-OH is 1. The van der Waals surface area contributed by atoms with E-state index in [0.29, 0.717) is 22.1 Å². The molecule has 0 heterocycles. The Labute approximate surface area is 121 Å². The van der Waals surface area contributed by atoms with Gasteiger partial charge in [-0.2, -0.15) is 0 Å².